The maximum atomic E-state index is 10.9. The van der Waals surface area contributed by atoms with Crippen LogP contribution in [0.15, 0.2) is 35.6 Å². The summed E-state index contributed by atoms with van der Waals surface area (Å²) in [6.07, 6.45) is 8.09. The second-order valence-electron chi connectivity index (χ2n) is 2.71. The molecule has 0 aromatic rings. The number of ketones is 1. The Morgan fingerprint density at radius 1 is 1.45 bits per heavy atom. The Labute approximate surface area is 65.3 Å². The summed E-state index contributed by atoms with van der Waals surface area (Å²) in [7, 11) is 0. The normalized spacial score (nSPS) is 21.6. The first-order valence-corrected chi connectivity index (χ1v) is 3.70. The van der Waals surface area contributed by atoms with Crippen LogP contribution >= 0.6 is 0 Å². The molecule has 0 aromatic heterocycles. The van der Waals surface area contributed by atoms with Crippen LogP contribution in [0.5, 0.6) is 0 Å². The number of fused-ring (bicyclic) bond motifs is 1. The van der Waals surface area contributed by atoms with Crippen molar-refractivity contribution in [3.8, 4) is 0 Å². The van der Waals surface area contributed by atoms with Crippen molar-refractivity contribution in [2.75, 3.05) is 6.54 Å². The minimum atomic E-state index is 0.204. The van der Waals surface area contributed by atoms with E-state index in [-0.39, 0.29) is 5.78 Å². The predicted octanol–water partition coefficient (Wildman–Crippen LogP) is 0.929. The molecule has 1 aliphatic heterocycles. The fourth-order valence-electron chi connectivity index (χ4n) is 1.31. The molecule has 1 N–H and O–H groups in total. The minimum Gasteiger partial charge on any atom is -0.387 e. The lowest BCUT2D eigenvalue weighted by molar-refractivity contribution is -0.113. The lowest BCUT2D eigenvalue weighted by Gasteiger charge is -2.16. The third-order valence-corrected chi connectivity index (χ3v) is 1.91. The van der Waals surface area contributed by atoms with Crippen LogP contribution in [0.25, 0.3) is 0 Å². The minimum absolute atomic E-state index is 0.204. The Hall–Kier alpha value is -1.31. The highest BCUT2D eigenvalue weighted by Crippen LogP contribution is 2.19. The van der Waals surface area contributed by atoms with Crippen LogP contribution in [0.4, 0.5) is 0 Å². The summed E-state index contributed by atoms with van der Waals surface area (Å²) in [4.78, 5) is 10.9. The number of hydrogen-bond donors (Lipinski definition) is 1. The summed E-state index contributed by atoms with van der Waals surface area (Å²) in [5.74, 6) is 0.204. The Balaban J connectivity index is 2.38. The molecular weight excluding hydrogens is 138 g/mol. The van der Waals surface area contributed by atoms with Crippen molar-refractivity contribution in [2.45, 2.75) is 6.42 Å². The van der Waals surface area contributed by atoms with Gasteiger partial charge in [0.2, 0.25) is 0 Å². The summed E-state index contributed by atoms with van der Waals surface area (Å²) in [6.45, 7) is 0.857. The fourth-order valence-corrected chi connectivity index (χ4v) is 1.31. The van der Waals surface area contributed by atoms with Gasteiger partial charge in [0, 0.05) is 13.0 Å². The summed E-state index contributed by atoms with van der Waals surface area (Å²) in [5.41, 5.74) is 2.31. The second kappa shape index (κ2) is 2.38. The van der Waals surface area contributed by atoms with Crippen molar-refractivity contribution >= 4 is 5.78 Å². The van der Waals surface area contributed by atoms with E-state index in [0.717, 1.165) is 12.1 Å². The van der Waals surface area contributed by atoms with E-state index in [1.165, 1.54) is 5.57 Å². The molecule has 0 spiro atoms. The van der Waals surface area contributed by atoms with E-state index in [9.17, 15) is 4.79 Å². The van der Waals surface area contributed by atoms with E-state index < -0.39 is 0 Å². The fraction of sp³-hybridized carbons (Fsp3) is 0.222. The van der Waals surface area contributed by atoms with Gasteiger partial charge < -0.3 is 5.32 Å². The van der Waals surface area contributed by atoms with Crippen molar-refractivity contribution in [3.05, 3.63) is 35.6 Å². The molecule has 0 fully saturated rings. The van der Waals surface area contributed by atoms with Crippen LogP contribution < -0.4 is 5.32 Å². The average molecular weight is 147 g/mol. The highest BCUT2D eigenvalue weighted by Gasteiger charge is 2.12. The number of nitrogens with one attached hydrogen (secondary N) is 1. The van der Waals surface area contributed by atoms with Gasteiger partial charge in [-0.25, -0.2) is 0 Å². The van der Waals surface area contributed by atoms with Gasteiger partial charge >= 0.3 is 0 Å². The standard InChI is InChI=1S/C9H9NO/c11-9-2-1-8-6-10-4-3-7(8)5-9/h1,3-5,10H,2,6H2. The Morgan fingerprint density at radius 2 is 2.36 bits per heavy atom. The summed E-state index contributed by atoms with van der Waals surface area (Å²) in [6, 6.07) is 0. The molecule has 1 heterocycles. The molecule has 0 atom stereocenters. The van der Waals surface area contributed by atoms with Gasteiger partial charge in [-0.2, -0.15) is 0 Å². The number of carbonyl (C=O) groups is 1. The van der Waals surface area contributed by atoms with Gasteiger partial charge in [-0.1, -0.05) is 6.08 Å². The van der Waals surface area contributed by atoms with E-state index >= 15 is 0 Å². The molecule has 0 radical (unpaired) electrons. The lowest BCUT2D eigenvalue weighted by Crippen LogP contribution is -2.18. The quantitative estimate of drug-likeness (QED) is 0.552. The van der Waals surface area contributed by atoms with Crippen LogP contribution in [-0.4, -0.2) is 12.3 Å². The van der Waals surface area contributed by atoms with Crippen molar-refractivity contribution in [1.82, 2.24) is 5.32 Å². The predicted molar refractivity (Wildman–Crippen MR) is 42.9 cm³/mol. The van der Waals surface area contributed by atoms with E-state index in [2.05, 4.69) is 5.32 Å². The third-order valence-electron chi connectivity index (χ3n) is 1.91. The van der Waals surface area contributed by atoms with E-state index in [1.54, 1.807) is 6.08 Å². The summed E-state index contributed by atoms with van der Waals surface area (Å²) < 4.78 is 0. The van der Waals surface area contributed by atoms with Gasteiger partial charge in [0.15, 0.2) is 5.78 Å². The first-order chi connectivity index (χ1) is 5.36. The van der Waals surface area contributed by atoms with Crippen LogP contribution in [0.2, 0.25) is 0 Å². The highest BCUT2D eigenvalue weighted by atomic mass is 16.1. The van der Waals surface area contributed by atoms with Crippen molar-refractivity contribution < 1.29 is 4.79 Å². The van der Waals surface area contributed by atoms with Crippen molar-refractivity contribution in [3.63, 3.8) is 0 Å². The molecule has 0 saturated heterocycles. The topological polar surface area (TPSA) is 29.1 Å². The highest BCUT2D eigenvalue weighted by molar-refractivity contribution is 5.94. The smallest absolute Gasteiger partial charge is 0.160 e. The zero-order valence-electron chi connectivity index (χ0n) is 6.13. The zero-order chi connectivity index (χ0) is 7.68. The molecule has 0 unspecified atom stereocenters. The molecule has 0 saturated carbocycles. The number of rotatable bonds is 0. The van der Waals surface area contributed by atoms with E-state index in [4.69, 9.17) is 0 Å². The van der Waals surface area contributed by atoms with Crippen molar-refractivity contribution in [1.29, 1.82) is 0 Å². The maximum Gasteiger partial charge on any atom is 0.160 e. The molecule has 56 valence electrons. The number of hydrogen-bond acceptors (Lipinski definition) is 2. The Kier molecular flexibility index (Phi) is 1.39. The SMILES string of the molecule is O=C1C=C2C=CNCC2=CC1. The molecule has 11 heavy (non-hydrogen) atoms. The lowest BCUT2D eigenvalue weighted by atomic mass is 9.95. The number of allylic oxidation sites excluding steroid dienone is 3. The molecule has 2 rings (SSSR count). The monoisotopic (exact) mass is 147 g/mol. The first kappa shape index (κ1) is 6.40. The van der Waals surface area contributed by atoms with E-state index in [0.29, 0.717) is 6.42 Å². The first-order valence-electron chi connectivity index (χ1n) is 3.70. The molecule has 0 bridgehead atoms. The Bertz CT molecular complexity index is 284. The van der Waals surface area contributed by atoms with Crippen LogP contribution in [0.1, 0.15) is 6.42 Å². The van der Waals surface area contributed by atoms with Gasteiger partial charge in [0.25, 0.3) is 0 Å². The zero-order valence-corrected chi connectivity index (χ0v) is 6.13. The third kappa shape index (κ3) is 1.11. The molecule has 0 aromatic carbocycles. The van der Waals surface area contributed by atoms with Crippen LogP contribution in [0, 0.1) is 0 Å². The van der Waals surface area contributed by atoms with Gasteiger partial charge in [-0.05, 0) is 29.5 Å². The number of carbonyl (C=O) groups excluding carboxylic acids is 1. The average Bonchev–Trinajstić information content (AvgIpc) is 2.04. The maximum absolute atomic E-state index is 10.9. The second-order valence-corrected chi connectivity index (χ2v) is 2.71. The molecule has 0 amide bonds. The van der Waals surface area contributed by atoms with Gasteiger partial charge in [-0.3, -0.25) is 4.79 Å². The van der Waals surface area contributed by atoms with Gasteiger partial charge in [0.1, 0.15) is 0 Å². The van der Waals surface area contributed by atoms with Crippen molar-refractivity contribution in [2.24, 2.45) is 0 Å². The van der Waals surface area contributed by atoms with Crippen LogP contribution in [-0.2, 0) is 4.79 Å². The summed E-state index contributed by atoms with van der Waals surface area (Å²) >= 11 is 0. The van der Waals surface area contributed by atoms with Crippen LogP contribution in [0.3, 0.4) is 0 Å². The molecular formula is C9H9NO. The molecule has 2 aliphatic rings. The largest absolute Gasteiger partial charge is 0.387 e. The Morgan fingerprint density at radius 3 is 3.27 bits per heavy atom. The van der Waals surface area contributed by atoms with Gasteiger partial charge in [0.05, 0.1) is 0 Å². The molecule has 2 heteroatoms. The molecule has 2 nitrogen and oxygen atoms in total. The van der Waals surface area contributed by atoms with Gasteiger partial charge in [-0.15, -0.1) is 0 Å². The molecule has 1 aliphatic carbocycles. The van der Waals surface area contributed by atoms with E-state index in [1.807, 2.05) is 18.4 Å². The summed E-state index contributed by atoms with van der Waals surface area (Å²) in [5, 5.41) is 3.10.